The molecule has 1 aromatic heterocycles. The highest BCUT2D eigenvalue weighted by Crippen LogP contribution is 2.13. The quantitative estimate of drug-likeness (QED) is 0.519. The summed E-state index contributed by atoms with van der Waals surface area (Å²) in [5.41, 5.74) is 4.94. The summed E-state index contributed by atoms with van der Waals surface area (Å²) >= 11 is 1.49. The van der Waals surface area contributed by atoms with Crippen LogP contribution in [0.25, 0.3) is 0 Å². The van der Waals surface area contributed by atoms with Crippen LogP contribution in [-0.4, -0.2) is 18.0 Å². The molecule has 21 heavy (non-hydrogen) atoms. The van der Waals surface area contributed by atoms with Crippen molar-refractivity contribution >= 4 is 35.1 Å². The van der Waals surface area contributed by atoms with Crippen molar-refractivity contribution in [2.24, 2.45) is 5.10 Å². The van der Waals surface area contributed by atoms with Crippen molar-refractivity contribution in [1.29, 1.82) is 0 Å². The maximum Gasteiger partial charge on any atom is 0.329 e. The first-order valence-electron chi connectivity index (χ1n) is 6.31. The zero-order valence-corrected chi connectivity index (χ0v) is 12.5. The van der Waals surface area contributed by atoms with Gasteiger partial charge in [-0.3, -0.25) is 9.59 Å². The van der Waals surface area contributed by atoms with Gasteiger partial charge in [0.2, 0.25) is 0 Å². The molecule has 108 valence electrons. The van der Waals surface area contributed by atoms with E-state index >= 15 is 0 Å². The van der Waals surface area contributed by atoms with Crippen LogP contribution in [0.4, 0.5) is 5.69 Å². The minimum Gasteiger partial charge on any atom is -0.318 e. The average molecular weight is 301 g/mol. The lowest BCUT2D eigenvalue weighted by atomic mass is 10.1. The molecular weight excluding hydrogens is 286 g/mol. The second-order valence-corrected chi connectivity index (χ2v) is 5.45. The lowest BCUT2D eigenvalue weighted by molar-refractivity contribution is -0.136. The zero-order valence-electron chi connectivity index (χ0n) is 11.7. The van der Waals surface area contributed by atoms with Gasteiger partial charge in [-0.15, -0.1) is 11.3 Å². The molecule has 0 aliphatic carbocycles. The Balaban J connectivity index is 1.90. The van der Waals surface area contributed by atoms with Gasteiger partial charge >= 0.3 is 11.8 Å². The molecule has 1 heterocycles. The number of nitrogens with zero attached hydrogens (tertiary/aromatic N) is 1. The summed E-state index contributed by atoms with van der Waals surface area (Å²) < 4.78 is 0. The number of hydrogen-bond acceptors (Lipinski definition) is 4. The Morgan fingerprint density at radius 1 is 1.14 bits per heavy atom. The molecule has 2 N–H and O–H groups in total. The van der Waals surface area contributed by atoms with Crippen molar-refractivity contribution in [3.05, 3.63) is 51.7 Å². The third kappa shape index (κ3) is 4.25. The first kappa shape index (κ1) is 14.9. The predicted octanol–water partition coefficient (Wildman–Crippen LogP) is 2.45. The SMILES string of the molecule is Cc1ccc(NC(=O)C(=O)NN=Cc2cccs2)cc1C. The summed E-state index contributed by atoms with van der Waals surface area (Å²) in [4.78, 5) is 24.2. The summed E-state index contributed by atoms with van der Waals surface area (Å²) in [5, 5.41) is 8.16. The van der Waals surface area contributed by atoms with Gasteiger partial charge < -0.3 is 5.32 Å². The number of hydrazone groups is 1. The highest BCUT2D eigenvalue weighted by atomic mass is 32.1. The molecule has 2 amide bonds. The number of rotatable bonds is 3. The monoisotopic (exact) mass is 301 g/mol. The van der Waals surface area contributed by atoms with Crippen LogP contribution >= 0.6 is 11.3 Å². The number of hydrogen-bond donors (Lipinski definition) is 2. The van der Waals surface area contributed by atoms with Crippen molar-refractivity contribution in [2.45, 2.75) is 13.8 Å². The van der Waals surface area contributed by atoms with Crippen LogP contribution < -0.4 is 10.7 Å². The summed E-state index contributed by atoms with van der Waals surface area (Å²) in [7, 11) is 0. The molecule has 5 nitrogen and oxygen atoms in total. The number of anilines is 1. The molecule has 0 radical (unpaired) electrons. The predicted molar refractivity (Wildman–Crippen MR) is 84.6 cm³/mol. The number of amides is 2. The molecule has 0 fully saturated rings. The van der Waals surface area contributed by atoms with E-state index in [4.69, 9.17) is 0 Å². The third-order valence-corrected chi connectivity index (χ3v) is 3.68. The molecule has 0 bridgehead atoms. The van der Waals surface area contributed by atoms with Gasteiger partial charge in [0.25, 0.3) is 0 Å². The number of carbonyl (C=O) groups excluding carboxylic acids is 2. The highest BCUT2D eigenvalue weighted by molar-refractivity contribution is 7.11. The van der Waals surface area contributed by atoms with Gasteiger partial charge in [0.1, 0.15) is 0 Å². The van der Waals surface area contributed by atoms with Gasteiger partial charge in [-0.1, -0.05) is 12.1 Å². The van der Waals surface area contributed by atoms with Crippen LogP contribution in [0, 0.1) is 13.8 Å². The van der Waals surface area contributed by atoms with Crippen LogP contribution in [0.1, 0.15) is 16.0 Å². The van der Waals surface area contributed by atoms with E-state index in [0.717, 1.165) is 16.0 Å². The number of thiophene rings is 1. The Bertz CT molecular complexity index is 678. The van der Waals surface area contributed by atoms with E-state index in [1.54, 1.807) is 6.07 Å². The molecule has 0 unspecified atom stereocenters. The molecule has 6 heteroatoms. The van der Waals surface area contributed by atoms with Gasteiger partial charge in [-0.25, -0.2) is 5.43 Å². The molecule has 2 aromatic rings. The average Bonchev–Trinajstić information content (AvgIpc) is 2.96. The smallest absolute Gasteiger partial charge is 0.318 e. The lowest BCUT2D eigenvalue weighted by Crippen LogP contribution is -2.32. The van der Waals surface area contributed by atoms with E-state index in [-0.39, 0.29) is 0 Å². The molecule has 0 spiro atoms. The van der Waals surface area contributed by atoms with Crippen molar-refractivity contribution in [3.63, 3.8) is 0 Å². The first-order chi connectivity index (χ1) is 10.1. The fraction of sp³-hybridized carbons (Fsp3) is 0.133. The van der Waals surface area contributed by atoms with E-state index in [9.17, 15) is 9.59 Å². The van der Waals surface area contributed by atoms with Gasteiger partial charge in [0, 0.05) is 10.6 Å². The third-order valence-electron chi connectivity index (χ3n) is 2.87. The normalized spacial score (nSPS) is 10.6. The van der Waals surface area contributed by atoms with E-state index in [0.29, 0.717) is 5.69 Å². The number of benzene rings is 1. The van der Waals surface area contributed by atoms with Gasteiger partial charge in [0.15, 0.2) is 0 Å². The van der Waals surface area contributed by atoms with Crippen molar-refractivity contribution in [2.75, 3.05) is 5.32 Å². The van der Waals surface area contributed by atoms with Crippen LogP contribution in [0.15, 0.2) is 40.8 Å². The van der Waals surface area contributed by atoms with Crippen LogP contribution in [-0.2, 0) is 9.59 Å². The summed E-state index contributed by atoms with van der Waals surface area (Å²) in [5.74, 6) is -1.55. The Labute approximate surface area is 126 Å². The first-order valence-corrected chi connectivity index (χ1v) is 7.19. The zero-order chi connectivity index (χ0) is 15.2. The van der Waals surface area contributed by atoms with Crippen LogP contribution in [0.2, 0.25) is 0 Å². The molecule has 0 saturated carbocycles. The van der Waals surface area contributed by atoms with Crippen molar-refractivity contribution < 1.29 is 9.59 Å². The molecule has 0 aliphatic rings. The number of aryl methyl sites for hydroxylation is 2. The summed E-state index contributed by atoms with van der Waals surface area (Å²) in [6.07, 6.45) is 1.49. The van der Waals surface area contributed by atoms with Crippen LogP contribution in [0.3, 0.4) is 0 Å². The van der Waals surface area contributed by atoms with Crippen molar-refractivity contribution in [1.82, 2.24) is 5.43 Å². The van der Waals surface area contributed by atoms with Crippen molar-refractivity contribution in [3.8, 4) is 0 Å². The molecular formula is C15H15N3O2S. The number of nitrogens with one attached hydrogen (secondary N) is 2. The van der Waals surface area contributed by atoms with Gasteiger partial charge in [-0.2, -0.15) is 5.10 Å². The maximum atomic E-state index is 11.7. The highest BCUT2D eigenvalue weighted by Gasteiger charge is 2.12. The second-order valence-electron chi connectivity index (χ2n) is 4.47. The fourth-order valence-electron chi connectivity index (χ4n) is 1.58. The summed E-state index contributed by atoms with van der Waals surface area (Å²) in [6, 6.07) is 9.19. The summed E-state index contributed by atoms with van der Waals surface area (Å²) in [6.45, 7) is 3.92. The molecule has 2 rings (SSSR count). The van der Waals surface area contributed by atoms with Crippen LogP contribution in [0.5, 0.6) is 0 Å². The minimum atomic E-state index is -0.805. The standard InChI is InChI=1S/C15H15N3O2S/c1-10-5-6-12(8-11(10)2)17-14(19)15(20)18-16-9-13-4-3-7-21-13/h3-9H,1-2H3,(H,17,19)(H,18,20). The lowest BCUT2D eigenvalue weighted by Gasteiger charge is -2.06. The Hall–Kier alpha value is -2.47. The molecule has 0 saturated heterocycles. The fourth-order valence-corrected chi connectivity index (χ4v) is 2.16. The van der Waals surface area contributed by atoms with E-state index in [1.807, 2.05) is 43.5 Å². The van der Waals surface area contributed by atoms with Gasteiger partial charge in [0.05, 0.1) is 6.21 Å². The number of carbonyl (C=O) groups is 2. The molecule has 0 atom stereocenters. The van der Waals surface area contributed by atoms with E-state index in [2.05, 4.69) is 15.8 Å². The Morgan fingerprint density at radius 2 is 1.95 bits per heavy atom. The van der Waals surface area contributed by atoms with Gasteiger partial charge in [-0.05, 0) is 48.6 Å². The maximum absolute atomic E-state index is 11.7. The largest absolute Gasteiger partial charge is 0.329 e. The second kappa shape index (κ2) is 6.81. The molecule has 1 aromatic carbocycles. The van der Waals surface area contributed by atoms with E-state index in [1.165, 1.54) is 17.6 Å². The van der Waals surface area contributed by atoms with E-state index < -0.39 is 11.8 Å². The minimum absolute atomic E-state index is 0.584. The topological polar surface area (TPSA) is 70.6 Å². The molecule has 0 aliphatic heterocycles. The Morgan fingerprint density at radius 3 is 2.62 bits per heavy atom. The Kier molecular flexibility index (Phi) is 4.84.